The van der Waals surface area contributed by atoms with E-state index in [1.807, 2.05) is 30.3 Å². The molecule has 2 aromatic rings. The number of nitriles is 1. The number of nitrogens with zero attached hydrogens (tertiary/aromatic N) is 1. The number of rotatable bonds is 4. The van der Waals surface area contributed by atoms with Gasteiger partial charge in [-0.2, -0.15) is 5.26 Å². The van der Waals surface area contributed by atoms with Gasteiger partial charge >= 0.3 is 0 Å². The standard InChI is InChI=1S/C19H17FN2O2/c20-17-6-5-13(12-21)11-16(17)19(23)22-9-7-14-8-10-24-18-4-2-1-3-15(14)18/h1-6,11,14H,7-10H2,(H,22,23). The van der Waals surface area contributed by atoms with Crippen LogP contribution in [0.15, 0.2) is 42.5 Å². The second kappa shape index (κ2) is 7.14. The monoisotopic (exact) mass is 324 g/mol. The van der Waals surface area contributed by atoms with Crippen LogP contribution in [-0.4, -0.2) is 19.1 Å². The van der Waals surface area contributed by atoms with E-state index in [4.69, 9.17) is 10.00 Å². The summed E-state index contributed by atoms with van der Waals surface area (Å²) in [6, 6.07) is 13.6. The Hall–Kier alpha value is -2.87. The molecule has 1 aliphatic rings. The topological polar surface area (TPSA) is 62.1 Å². The molecule has 0 fully saturated rings. The lowest BCUT2D eigenvalue weighted by Crippen LogP contribution is -2.27. The van der Waals surface area contributed by atoms with Crippen molar-refractivity contribution in [1.82, 2.24) is 5.32 Å². The van der Waals surface area contributed by atoms with Crippen molar-refractivity contribution in [3.63, 3.8) is 0 Å². The lowest BCUT2D eigenvalue weighted by Gasteiger charge is -2.25. The van der Waals surface area contributed by atoms with Gasteiger partial charge in [-0.25, -0.2) is 4.39 Å². The first-order chi connectivity index (χ1) is 11.7. The van der Waals surface area contributed by atoms with Crippen LogP contribution in [0.1, 0.15) is 40.2 Å². The molecule has 1 N–H and O–H groups in total. The lowest BCUT2D eigenvalue weighted by atomic mass is 9.90. The van der Waals surface area contributed by atoms with Crippen LogP contribution >= 0.6 is 0 Å². The number of halogens is 1. The molecule has 3 rings (SSSR count). The third-order valence-corrected chi connectivity index (χ3v) is 4.20. The molecule has 1 heterocycles. The van der Waals surface area contributed by atoms with Crippen molar-refractivity contribution in [2.75, 3.05) is 13.2 Å². The van der Waals surface area contributed by atoms with Crippen molar-refractivity contribution in [3.05, 3.63) is 65.0 Å². The van der Waals surface area contributed by atoms with E-state index in [9.17, 15) is 9.18 Å². The minimum Gasteiger partial charge on any atom is -0.493 e. The van der Waals surface area contributed by atoms with E-state index >= 15 is 0 Å². The Morgan fingerprint density at radius 1 is 1.33 bits per heavy atom. The maximum atomic E-state index is 13.7. The highest BCUT2D eigenvalue weighted by Crippen LogP contribution is 2.35. The molecule has 1 amide bonds. The van der Waals surface area contributed by atoms with E-state index in [0.29, 0.717) is 19.1 Å². The molecule has 24 heavy (non-hydrogen) atoms. The maximum absolute atomic E-state index is 13.7. The summed E-state index contributed by atoms with van der Waals surface area (Å²) in [5.74, 6) is 0.0891. The molecule has 0 aromatic heterocycles. The summed E-state index contributed by atoms with van der Waals surface area (Å²) >= 11 is 0. The second-order valence-electron chi connectivity index (χ2n) is 5.72. The van der Waals surface area contributed by atoms with Crippen molar-refractivity contribution in [2.45, 2.75) is 18.8 Å². The summed E-state index contributed by atoms with van der Waals surface area (Å²) in [5.41, 5.74) is 1.32. The minimum atomic E-state index is -0.622. The SMILES string of the molecule is N#Cc1ccc(F)c(C(=O)NCCC2CCOc3ccccc32)c1. The molecule has 0 bridgehead atoms. The Morgan fingerprint density at radius 3 is 3.00 bits per heavy atom. The van der Waals surface area contributed by atoms with Crippen molar-refractivity contribution < 1.29 is 13.9 Å². The van der Waals surface area contributed by atoms with Gasteiger partial charge in [0.05, 0.1) is 23.8 Å². The van der Waals surface area contributed by atoms with Crippen LogP contribution in [-0.2, 0) is 0 Å². The van der Waals surface area contributed by atoms with Crippen LogP contribution in [0.2, 0.25) is 0 Å². The first-order valence-electron chi connectivity index (χ1n) is 7.88. The Morgan fingerprint density at radius 2 is 2.17 bits per heavy atom. The number of ether oxygens (including phenoxy) is 1. The van der Waals surface area contributed by atoms with Crippen LogP contribution < -0.4 is 10.1 Å². The average molecular weight is 324 g/mol. The molecule has 122 valence electrons. The van der Waals surface area contributed by atoms with Gasteiger partial charge in [-0.1, -0.05) is 18.2 Å². The number of benzene rings is 2. The fourth-order valence-electron chi connectivity index (χ4n) is 2.94. The van der Waals surface area contributed by atoms with E-state index in [1.165, 1.54) is 12.1 Å². The van der Waals surface area contributed by atoms with Crippen molar-refractivity contribution in [3.8, 4) is 11.8 Å². The molecule has 0 spiro atoms. The van der Waals surface area contributed by atoms with Crippen molar-refractivity contribution in [1.29, 1.82) is 5.26 Å². The fourth-order valence-corrected chi connectivity index (χ4v) is 2.94. The first-order valence-corrected chi connectivity index (χ1v) is 7.88. The predicted octanol–water partition coefficient (Wildman–Crippen LogP) is 3.38. The summed E-state index contributed by atoms with van der Waals surface area (Å²) in [6.45, 7) is 1.10. The summed E-state index contributed by atoms with van der Waals surface area (Å²) in [7, 11) is 0. The van der Waals surface area contributed by atoms with Crippen LogP contribution in [0.25, 0.3) is 0 Å². The van der Waals surface area contributed by atoms with Gasteiger partial charge < -0.3 is 10.1 Å². The number of fused-ring (bicyclic) bond motifs is 1. The highest BCUT2D eigenvalue weighted by atomic mass is 19.1. The zero-order chi connectivity index (χ0) is 16.9. The Bertz CT molecular complexity index is 798. The molecule has 1 unspecified atom stereocenters. The van der Waals surface area contributed by atoms with Crippen LogP contribution in [0.4, 0.5) is 4.39 Å². The minimum absolute atomic E-state index is 0.0959. The summed E-state index contributed by atoms with van der Waals surface area (Å²) in [4.78, 5) is 12.1. The molecule has 0 saturated carbocycles. The van der Waals surface area contributed by atoms with E-state index in [1.54, 1.807) is 0 Å². The van der Waals surface area contributed by atoms with Crippen LogP contribution in [0, 0.1) is 17.1 Å². The molecule has 5 heteroatoms. The lowest BCUT2D eigenvalue weighted by molar-refractivity contribution is 0.0948. The zero-order valence-corrected chi connectivity index (χ0v) is 13.1. The maximum Gasteiger partial charge on any atom is 0.254 e. The van der Waals surface area contributed by atoms with Crippen LogP contribution in [0.5, 0.6) is 5.75 Å². The first kappa shape index (κ1) is 16.0. The smallest absolute Gasteiger partial charge is 0.254 e. The third-order valence-electron chi connectivity index (χ3n) is 4.20. The van der Waals surface area contributed by atoms with Gasteiger partial charge in [0.25, 0.3) is 5.91 Å². The number of hydrogen-bond acceptors (Lipinski definition) is 3. The van der Waals surface area contributed by atoms with Gasteiger partial charge in [0, 0.05) is 6.54 Å². The molecule has 1 aliphatic heterocycles. The van der Waals surface area contributed by atoms with Gasteiger partial charge in [0.15, 0.2) is 0 Å². The van der Waals surface area contributed by atoms with E-state index in [2.05, 4.69) is 5.32 Å². The van der Waals surface area contributed by atoms with E-state index in [0.717, 1.165) is 30.2 Å². The van der Waals surface area contributed by atoms with Gasteiger partial charge in [0.1, 0.15) is 11.6 Å². The van der Waals surface area contributed by atoms with Gasteiger partial charge in [-0.15, -0.1) is 0 Å². The highest BCUT2D eigenvalue weighted by molar-refractivity contribution is 5.94. The molecule has 0 aliphatic carbocycles. The van der Waals surface area contributed by atoms with Gasteiger partial charge in [0.2, 0.25) is 0 Å². The quantitative estimate of drug-likeness (QED) is 0.938. The summed E-state index contributed by atoms with van der Waals surface area (Å²) < 4.78 is 19.4. The molecule has 0 saturated heterocycles. The Kier molecular flexibility index (Phi) is 4.76. The second-order valence-corrected chi connectivity index (χ2v) is 5.72. The number of carbonyl (C=O) groups is 1. The Balaban J connectivity index is 1.62. The molecular weight excluding hydrogens is 307 g/mol. The molecule has 1 atom stereocenters. The molecule has 2 aromatic carbocycles. The fraction of sp³-hybridized carbons (Fsp3) is 0.263. The normalized spacial score (nSPS) is 15.8. The summed E-state index contributed by atoms with van der Waals surface area (Å²) in [5, 5.41) is 11.6. The van der Waals surface area contributed by atoms with Gasteiger partial charge in [-0.05, 0) is 48.6 Å². The zero-order valence-electron chi connectivity index (χ0n) is 13.1. The number of carbonyl (C=O) groups excluding carboxylic acids is 1. The van der Waals surface area contributed by atoms with Gasteiger partial charge in [-0.3, -0.25) is 4.79 Å². The van der Waals surface area contributed by atoms with E-state index < -0.39 is 11.7 Å². The molecular formula is C19H17FN2O2. The molecule has 4 nitrogen and oxygen atoms in total. The number of nitrogens with one attached hydrogen (secondary N) is 1. The van der Waals surface area contributed by atoms with Crippen molar-refractivity contribution >= 4 is 5.91 Å². The van der Waals surface area contributed by atoms with E-state index in [-0.39, 0.29) is 11.1 Å². The Labute approximate surface area is 139 Å². The third kappa shape index (κ3) is 3.38. The summed E-state index contributed by atoms with van der Waals surface area (Å²) in [6.07, 6.45) is 1.65. The number of hydrogen-bond donors (Lipinski definition) is 1. The molecule has 0 radical (unpaired) electrons. The largest absolute Gasteiger partial charge is 0.493 e. The van der Waals surface area contributed by atoms with Crippen LogP contribution in [0.3, 0.4) is 0 Å². The predicted molar refractivity (Wildman–Crippen MR) is 87.4 cm³/mol. The average Bonchev–Trinajstić information content (AvgIpc) is 2.62. The number of amides is 1. The number of para-hydroxylation sites is 1. The van der Waals surface area contributed by atoms with Crippen molar-refractivity contribution in [2.24, 2.45) is 0 Å². The highest BCUT2D eigenvalue weighted by Gasteiger charge is 2.21.